The lowest BCUT2D eigenvalue weighted by atomic mass is 10.1. The number of hydrazine groups is 1. The number of rotatable bonds is 8. The lowest BCUT2D eigenvalue weighted by Gasteiger charge is -2.17. The molecule has 0 bridgehead atoms. The Bertz CT molecular complexity index is 1280. The fourth-order valence-electron chi connectivity index (χ4n) is 3.30. The van der Waals surface area contributed by atoms with Gasteiger partial charge in [-0.3, -0.25) is 14.5 Å². The molecule has 12 heteroatoms. The first-order chi connectivity index (χ1) is 17.3. The summed E-state index contributed by atoms with van der Waals surface area (Å²) in [6.45, 7) is 2.78. The monoisotopic (exact) mass is 531 g/mol. The van der Waals surface area contributed by atoms with E-state index in [0.717, 1.165) is 16.5 Å². The Labute approximate surface area is 218 Å². The molecule has 0 saturated heterocycles. The SMILES string of the molecule is Cc1ccc2c(cnn2CCNC(=O)c2c(Cl)cc(N(N)/C=C(\N)CCO)cc2Cl)c1.c1cocn1. The Morgan fingerprint density at radius 3 is 2.64 bits per heavy atom. The highest BCUT2D eigenvalue weighted by Crippen LogP contribution is 2.30. The van der Waals surface area contributed by atoms with Crippen LogP contribution in [-0.4, -0.2) is 38.9 Å². The first-order valence-electron chi connectivity index (χ1n) is 10.9. The number of fused-ring (bicyclic) bond motifs is 1. The van der Waals surface area contributed by atoms with E-state index >= 15 is 0 Å². The summed E-state index contributed by atoms with van der Waals surface area (Å²) in [6, 6.07) is 9.13. The van der Waals surface area contributed by atoms with E-state index in [9.17, 15) is 4.79 Å². The van der Waals surface area contributed by atoms with Crippen molar-refractivity contribution in [1.29, 1.82) is 0 Å². The number of benzene rings is 2. The van der Waals surface area contributed by atoms with Gasteiger partial charge in [-0.15, -0.1) is 0 Å². The number of carbonyl (C=O) groups excluding carboxylic acids is 1. The zero-order chi connectivity index (χ0) is 26.1. The maximum atomic E-state index is 12.7. The van der Waals surface area contributed by atoms with Crippen molar-refractivity contribution >= 4 is 45.7 Å². The van der Waals surface area contributed by atoms with Crippen LogP contribution in [0.2, 0.25) is 10.0 Å². The molecule has 1 amide bonds. The van der Waals surface area contributed by atoms with Gasteiger partial charge in [0.15, 0.2) is 6.39 Å². The molecule has 4 rings (SSSR count). The third kappa shape index (κ3) is 7.22. The molecule has 190 valence electrons. The quantitative estimate of drug-likeness (QED) is 0.199. The third-order valence-electron chi connectivity index (χ3n) is 5.01. The molecule has 2 aromatic carbocycles. The van der Waals surface area contributed by atoms with Crippen LogP contribution in [0.25, 0.3) is 10.9 Å². The average Bonchev–Trinajstić information content (AvgIpc) is 3.52. The molecular weight excluding hydrogens is 505 g/mol. The first kappa shape index (κ1) is 27.0. The highest BCUT2D eigenvalue weighted by atomic mass is 35.5. The number of nitrogens with one attached hydrogen (secondary N) is 1. The number of aromatic nitrogens is 3. The van der Waals surface area contributed by atoms with Crippen LogP contribution in [0.1, 0.15) is 22.3 Å². The van der Waals surface area contributed by atoms with E-state index < -0.39 is 5.91 Å². The summed E-state index contributed by atoms with van der Waals surface area (Å²) in [4.78, 5) is 16.2. The minimum Gasteiger partial charge on any atom is -0.452 e. The molecule has 0 spiro atoms. The van der Waals surface area contributed by atoms with E-state index in [4.69, 9.17) is 39.9 Å². The predicted octanol–water partition coefficient (Wildman–Crippen LogP) is 3.62. The van der Waals surface area contributed by atoms with Crippen molar-refractivity contribution in [3.63, 3.8) is 0 Å². The van der Waals surface area contributed by atoms with E-state index in [1.54, 1.807) is 12.4 Å². The van der Waals surface area contributed by atoms with Crippen molar-refractivity contribution in [3.8, 4) is 0 Å². The van der Waals surface area contributed by atoms with Gasteiger partial charge in [-0.05, 0) is 31.2 Å². The van der Waals surface area contributed by atoms with Crippen LogP contribution in [0, 0.1) is 6.92 Å². The number of anilines is 1. The smallest absolute Gasteiger partial charge is 0.254 e. The van der Waals surface area contributed by atoms with Crippen LogP contribution < -0.4 is 21.9 Å². The van der Waals surface area contributed by atoms with Crippen LogP contribution >= 0.6 is 23.2 Å². The van der Waals surface area contributed by atoms with Gasteiger partial charge in [-0.1, -0.05) is 34.8 Å². The molecule has 36 heavy (non-hydrogen) atoms. The number of nitrogens with two attached hydrogens (primary N) is 2. The van der Waals surface area contributed by atoms with Crippen LogP contribution in [0.5, 0.6) is 0 Å². The molecular formula is C24H27Cl2N7O3. The van der Waals surface area contributed by atoms with Crippen molar-refractivity contribution in [1.82, 2.24) is 20.1 Å². The van der Waals surface area contributed by atoms with Crippen LogP contribution in [0.4, 0.5) is 5.69 Å². The summed E-state index contributed by atoms with van der Waals surface area (Å²) in [5, 5.41) is 18.7. The summed E-state index contributed by atoms with van der Waals surface area (Å²) in [7, 11) is 0. The van der Waals surface area contributed by atoms with Crippen molar-refractivity contribution in [2.45, 2.75) is 19.9 Å². The molecule has 0 aliphatic rings. The Kier molecular flexibility index (Phi) is 9.71. The second-order valence-electron chi connectivity index (χ2n) is 7.73. The number of aryl methyl sites for hydroxylation is 1. The summed E-state index contributed by atoms with van der Waals surface area (Å²) < 4.78 is 6.30. The van der Waals surface area contributed by atoms with Gasteiger partial charge in [0, 0.05) is 36.9 Å². The highest BCUT2D eigenvalue weighted by Gasteiger charge is 2.17. The molecule has 0 atom stereocenters. The maximum Gasteiger partial charge on any atom is 0.254 e. The molecule has 0 unspecified atom stereocenters. The van der Waals surface area contributed by atoms with Gasteiger partial charge in [0.1, 0.15) is 6.26 Å². The second-order valence-corrected chi connectivity index (χ2v) is 8.55. The van der Waals surface area contributed by atoms with Gasteiger partial charge >= 0.3 is 0 Å². The zero-order valence-corrected chi connectivity index (χ0v) is 21.1. The zero-order valence-electron chi connectivity index (χ0n) is 19.6. The van der Waals surface area contributed by atoms with Gasteiger partial charge in [-0.25, -0.2) is 10.8 Å². The fraction of sp³-hybridized carbons (Fsp3) is 0.208. The summed E-state index contributed by atoms with van der Waals surface area (Å²) in [6.07, 6.45) is 8.01. The number of hydrogen-bond donors (Lipinski definition) is 4. The number of oxazole rings is 1. The largest absolute Gasteiger partial charge is 0.452 e. The van der Waals surface area contributed by atoms with Crippen molar-refractivity contribution in [2.24, 2.45) is 11.6 Å². The van der Waals surface area contributed by atoms with E-state index in [0.29, 0.717) is 24.5 Å². The minimum absolute atomic E-state index is 0.0925. The Hall–Kier alpha value is -3.57. The van der Waals surface area contributed by atoms with E-state index in [1.165, 1.54) is 36.0 Å². The number of amides is 1. The standard InChI is InChI=1S/C21H24Cl2N6O2.C3H3NO/c1-13-2-3-19-14(8-13)11-27-29(19)6-5-26-21(31)20-17(22)9-16(10-18(20)23)28(25)12-15(24)4-7-30;1-2-5-3-4-1/h2-3,8-12,30H,4-7,24-25H2,1H3,(H,26,31);1-3H/b15-12-;. The second kappa shape index (κ2) is 12.9. The van der Waals surface area contributed by atoms with Gasteiger partial charge in [0.05, 0.1) is 45.8 Å². The number of aliphatic hydroxyl groups is 1. The summed E-state index contributed by atoms with van der Waals surface area (Å²) >= 11 is 12.6. The van der Waals surface area contributed by atoms with Crippen molar-refractivity contribution < 1.29 is 14.3 Å². The van der Waals surface area contributed by atoms with E-state index in [2.05, 4.69) is 25.9 Å². The van der Waals surface area contributed by atoms with Crippen molar-refractivity contribution in [3.05, 3.63) is 88.5 Å². The average molecular weight is 532 g/mol. The molecule has 2 aromatic heterocycles. The van der Waals surface area contributed by atoms with Crippen LogP contribution in [-0.2, 0) is 6.54 Å². The molecule has 2 heterocycles. The van der Waals surface area contributed by atoms with Gasteiger partial charge in [0.2, 0.25) is 0 Å². The third-order valence-corrected chi connectivity index (χ3v) is 5.61. The van der Waals surface area contributed by atoms with E-state index in [-0.39, 0.29) is 28.6 Å². The van der Waals surface area contributed by atoms with Crippen molar-refractivity contribution in [2.75, 3.05) is 18.2 Å². The molecule has 0 radical (unpaired) electrons. The number of carbonyl (C=O) groups is 1. The summed E-state index contributed by atoms with van der Waals surface area (Å²) in [5.74, 6) is 5.55. The Morgan fingerprint density at radius 1 is 1.28 bits per heavy atom. The molecule has 6 N–H and O–H groups in total. The topological polar surface area (TPSA) is 148 Å². The first-order valence-corrected chi connectivity index (χ1v) is 11.7. The number of halogens is 2. The van der Waals surface area contributed by atoms with E-state index in [1.807, 2.05) is 23.7 Å². The number of nitrogens with zero attached hydrogens (tertiary/aromatic N) is 4. The number of aliphatic hydroxyl groups excluding tert-OH is 1. The van der Waals surface area contributed by atoms with Crippen LogP contribution in [0.15, 0.2) is 71.7 Å². The van der Waals surface area contributed by atoms with Gasteiger partial charge < -0.3 is 20.6 Å². The fourth-order valence-corrected chi connectivity index (χ4v) is 3.94. The number of hydrogen-bond acceptors (Lipinski definition) is 8. The van der Waals surface area contributed by atoms with Crippen LogP contribution in [0.3, 0.4) is 0 Å². The highest BCUT2D eigenvalue weighted by molar-refractivity contribution is 6.40. The normalized spacial score (nSPS) is 11.2. The lowest BCUT2D eigenvalue weighted by molar-refractivity contribution is 0.0952. The Balaban J connectivity index is 0.000000642. The summed E-state index contributed by atoms with van der Waals surface area (Å²) in [5.41, 5.74) is 8.92. The minimum atomic E-state index is -0.396. The Morgan fingerprint density at radius 2 is 2.03 bits per heavy atom. The van der Waals surface area contributed by atoms with Gasteiger partial charge in [0.25, 0.3) is 5.91 Å². The molecule has 0 aliphatic heterocycles. The molecule has 0 fully saturated rings. The molecule has 0 aliphatic carbocycles. The molecule has 10 nitrogen and oxygen atoms in total. The lowest BCUT2D eigenvalue weighted by Crippen LogP contribution is -2.29. The van der Waals surface area contributed by atoms with Gasteiger partial charge in [-0.2, -0.15) is 5.10 Å². The maximum absolute atomic E-state index is 12.7. The molecule has 0 saturated carbocycles. The molecule has 4 aromatic rings. The predicted molar refractivity (Wildman–Crippen MR) is 140 cm³/mol.